The van der Waals surface area contributed by atoms with Crippen LogP contribution < -0.4 is 10.6 Å². The van der Waals surface area contributed by atoms with Gasteiger partial charge in [0.05, 0.1) is 29.7 Å². The van der Waals surface area contributed by atoms with Crippen LogP contribution in [-0.2, 0) is 18.4 Å². The summed E-state index contributed by atoms with van der Waals surface area (Å²) in [6.45, 7) is 3.69. The first-order valence-electron chi connectivity index (χ1n) is 8.64. The van der Waals surface area contributed by atoms with Crippen molar-refractivity contribution in [3.63, 3.8) is 0 Å². The number of halogens is 1. The van der Waals surface area contributed by atoms with Gasteiger partial charge in [-0.15, -0.1) is 0 Å². The monoisotopic (exact) mass is 356 g/mol. The summed E-state index contributed by atoms with van der Waals surface area (Å²) < 4.78 is 15.1. The molecule has 0 aliphatic carbocycles. The molecule has 1 aliphatic rings. The number of fused-ring (bicyclic) bond motifs is 1. The largest absolute Gasteiger partial charge is 0.349 e. The summed E-state index contributed by atoms with van der Waals surface area (Å²) in [5.74, 6) is 0.227. The summed E-state index contributed by atoms with van der Waals surface area (Å²) in [6, 6.07) is 4.39. The topological polar surface area (TPSA) is 87.6 Å². The summed E-state index contributed by atoms with van der Waals surface area (Å²) in [5, 5.41) is 10.5. The number of H-pyrrole nitrogens is 1. The lowest BCUT2D eigenvalue weighted by molar-refractivity contribution is -0.125. The minimum Gasteiger partial charge on any atom is -0.349 e. The Labute approximate surface area is 150 Å². The molecule has 0 spiro atoms. The fourth-order valence-corrected chi connectivity index (χ4v) is 3.58. The number of aromatic amines is 1. The third-order valence-electron chi connectivity index (χ3n) is 5.15. The molecule has 2 aromatic heterocycles. The van der Waals surface area contributed by atoms with Gasteiger partial charge in [0.2, 0.25) is 5.91 Å². The third-order valence-corrected chi connectivity index (χ3v) is 5.15. The van der Waals surface area contributed by atoms with E-state index in [0.29, 0.717) is 23.4 Å². The summed E-state index contributed by atoms with van der Waals surface area (Å²) in [4.78, 5) is 20.1. The second-order valence-electron chi connectivity index (χ2n) is 6.74. The molecular formula is C18H21FN6O. The van der Waals surface area contributed by atoms with Crippen molar-refractivity contribution in [3.8, 4) is 0 Å². The van der Waals surface area contributed by atoms with Gasteiger partial charge in [-0.05, 0) is 30.7 Å². The van der Waals surface area contributed by atoms with Crippen LogP contribution in [0.2, 0.25) is 0 Å². The number of hydrogen-bond acceptors (Lipinski definition) is 4. The Kier molecular flexibility index (Phi) is 4.20. The number of nitrogens with zero attached hydrogens (tertiary/aromatic N) is 3. The number of imidazole rings is 1. The highest BCUT2D eigenvalue weighted by atomic mass is 19.1. The first-order valence-corrected chi connectivity index (χ1v) is 8.64. The van der Waals surface area contributed by atoms with Crippen LogP contribution in [0, 0.1) is 18.7 Å². The number of nitrogens with one attached hydrogen (secondary N) is 3. The number of benzene rings is 1. The minimum atomic E-state index is -0.316. The second kappa shape index (κ2) is 6.53. The minimum absolute atomic E-state index is 0.0186. The standard InChI is InChI=1S/C18H21FN6O/c1-10-12(8-22-25(10)2)13-6-20-7-14(13)18(26)21-9-17-23-15-4-3-11(19)5-16(15)24-17/h3-5,8,13-14,20H,6-7,9H2,1-2H3,(H,21,26)(H,23,24)/t13-,14+/m1/s1. The van der Waals surface area contributed by atoms with Crippen LogP contribution in [0.1, 0.15) is 23.0 Å². The highest BCUT2D eigenvalue weighted by Crippen LogP contribution is 2.30. The molecule has 26 heavy (non-hydrogen) atoms. The van der Waals surface area contributed by atoms with Crippen molar-refractivity contribution < 1.29 is 9.18 Å². The molecule has 0 unspecified atom stereocenters. The Morgan fingerprint density at radius 1 is 1.42 bits per heavy atom. The Hall–Kier alpha value is -2.74. The van der Waals surface area contributed by atoms with E-state index in [1.165, 1.54) is 12.1 Å². The van der Waals surface area contributed by atoms with Crippen molar-refractivity contribution in [2.75, 3.05) is 13.1 Å². The third kappa shape index (κ3) is 2.96. The Balaban J connectivity index is 1.45. The lowest BCUT2D eigenvalue weighted by Gasteiger charge is -2.17. The molecule has 3 N–H and O–H groups in total. The molecule has 0 radical (unpaired) electrons. The van der Waals surface area contributed by atoms with Gasteiger partial charge in [-0.25, -0.2) is 9.37 Å². The lowest BCUT2D eigenvalue weighted by atomic mass is 9.88. The molecule has 0 bridgehead atoms. The van der Waals surface area contributed by atoms with E-state index in [9.17, 15) is 9.18 Å². The van der Waals surface area contributed by atoms with Gasteiger partial charge in [-0.1, -0.05) is 0 Å². The average molecular weight is 356 g/mol. The Morgan fingerprint density at radius 3 is 3.04 bits per heavy atom. The molecule has 2 atom stereocenters. The molecule has 3 aromatic rings. The van der Waals surface area contributed by atoms with Crippen LogP contribution in [0.3, 0.4) is 0 Å². The first-order chi connectivity index (χ1) is 12.5. The van der Waals surface area contributed by atoms with E-state index in [1.807, 2.05) is 24.9 Å². The number of hydrogen-bond donors (Lipinski definition) is 3. The molecule has 1 saturated heterocycles. The second-order valence-corrected chi connectivity index (χ2v) is 6.74. The zero-order valence-corrected chi connectivity index (χ0v) is 14.7. The van der Waals surface area contributed by atoms with Crippen LogP contribution in [0.15, 0.2) is 24.4 Å². The van der Waals surface area contributed by atoms with Gasteiger partial charge in [0.1, 0.15) is 11.6 Å². The Morgan fingerprint density at radius 2 is 2.27 bits per heavy atom. The van der Waals surface area contributed by atoms with Gasteiger partial charge in [0.25, 0.3) is 0 Å². The van der Waals surface area contributed by atoms with Crippen molar-refractivity contribution in [2.24, 2.45) is 13.0 Å². The van der Waals surface area contributed by atoms with Gasteiger partial charge < -0.3 is 15.6 Å². The van der Waals surface area contributed by atoms with Crippen LogP contribution in [0.4, 0.5) is 4.39 Å². The van der Waals surface area contributed by atoms with E-state index >= 15 is 0 Å². The van der Waals surface area contributed by atoms with E-state index in [-0.39, 0.29) is 30.1 Å². The molecule has 1 aromatic carbocycles. The predicted octanol–water partition coefficient (Wildman–Crippen LogP) is 1.36. The normalized spacial score (nSPS) is 20.0. The number of aromatic nitrogens is 4. The SMILES string of the molecule is Cc1c([C@H]2CNC[C@@H]2C(=O)NCc2nc3ccc(F)cc3[nH]2)cnn1C. The van der Waals surface area contributed by atoms with Crippen LogP contribution in [-0.4, -0.2) is 38.7 Å². The highest BCUT2D eigenvalue weighted by molar-refractivity contribution is 5.80. The van der Waals surface area contributed by atoms with E-state index in [2.05, 4.69) is 25.7 Å². The summed E-state index contributed by atoms with van der Waals surface area (Å²) in [5.41, 5.74) is 3.50. The number of amides is 1. The maximum Gasteiger partial charge on any atom is 0.225 e. The quantitative estimate of drug-likeness (QED) is 0.659. The predicted molar refractivity (Wildman–Crippen MR) is 94.9 cm³/mol. The smallest absolute Gasteiger partial charge is 0.225 e. The fourth-order valence-electron chi connectivity index (χ4n) is 3.58. The number of aryl methyl sites for hydroxylation is 1. The maximum absolute atomic E-state index is 13.3. The van der Waals surface area contributed by atoms with Crippen LogP contribution in [0.25, 0.3) is 11.0 Å². The van der Waals surface area contributed by atoms with Gasteiger partial charge in [-0.3, -0.25) is 9.48 Å². The highest BCUT2D eigenvalue weighted by Gasteiger charge is 2.35. The molecule has 3 heterocycles. The molecule has 4 rings (SSSR count). The zero-order valence-electron chi connectivity index (χ0n) is 14.7. The number of rotatable bonds is 4. The summed E-state index contributed by atoms with van der Waals surface area (Å²) >= 11 is 0. The Bertz CT molecular complexity index is 962. The number of carbonyl (C=O) groups excluding carboxylic acids is 1. The molecule has 0 saturated carbocycles. The summed E-state index contributed by atoms with van der Waals surface area (Å²) in [7, 11) is 1.90. The van der Waals surface area contributed by atoms with Gasteiger partial charge in [-0.2, -0.15) is 5.10 Å². The summed E-state index contributed by atoms with van der Waals surface area (Å²) in [6.07, 6.45) is 1.85. The van der Waals surface area contributed by atoms with Crippen molar-refractivity contribution in [3.05, 3.63) is 47.3 Å². The molecular weight excluding hydrogens is 335 g/mol. The van der Waals surface area contributed by atoms with Crippen LogP contribution >= 0.6 is 0 Å². The van der Waals surface area contributed by atoms with Crippen molar-refractivity contribution in [1.29, 1.82) is 0 Å². The molecule has 1 aliphatic heterocycles. The fraction of sp³-hybridized carbons (Fsp3) is 0.389. The van der Waals surface area contributed by atoms with Gasteiger partial charge >= 0.3 is 0 Å². The van der Waals surface area contributed by atoms with Crippen molar-refractivity contribution in [2.45, 2.75) is 19.4 Å². The molecule has 1 amide bonds. The molecule has 136 valence electrons. The van der Waals surface area contributed by atoms with Crippen molar-refractivity contribution >= 4 is 16.9 Å². The number of carbonyl (C=O) groups is 1. The molecule has 8 heteroatoms. The van der Waals surface area contributed by atoms with Gasteiger partial charge in [0, 0.05) is 31.7 Å². The first kappa shape index (κ1) is 16.7. The lowest BCUT2D eigenvalue weighted by Crippen LogP contribution is -2.34. The van der Waals surface area contributed by atoms with E-state index in [1.54, 1.807) is 6.07 Å². The maximum atomic E-state index is 13.3. The average Bonchev–Trinajstić information content (AvgIpc) is 3.32. The van der Waals surface area contributed by atoms with E-state index in [0.717, 1.165) is 17.8 Å². The molecule has 1 fully saturated rings. The molecule has 7 nitrogen and oxygen atoms in total. The van der Waals surface area contributed by atoms with Crippen molar-refractivity contribution in [1.82, 2.24) is 30.4 Å². The van der Waals surface area contributed by atoms with Crippen LogP contribution in [0.5, 0.6) is 0 Å². The van der Waals surface area contributed by atoms with Gasteiger partial charge in [0.15, 0.2) is 0 Å². The van der Waals surface area contributed by atoms with E-state index < -0.39 is 0 Å². The van der Waals surface area contributed by atoms with E-state index in [4.69, 9.17) is 0 Å². The zero-order chi connectivity index (χ0) is 18.3.